The van der Waals surface area contributed by atoms with Crippen LogP contribution in [0.1, 0.15) is 13.3 Å². The first-order valence-electron chi connectivity index (χ1n) is 5.23. The van der Waals surface area contributed by atoms with Crippen molar-refractivity contribution >= 4 is 0 Å². The Morgan fingerprint density at radius 2 is 2.47 bits per heavy atom. The molecule has 1 saturated carbocycles. The van der Waals surface area contributed by atoms with Crippen molar-refractivity contribution in [1.29, 1.82) is 5.26 Å². The van der Waals surface area contributed by atoms with Crippen molar-refractivity contribution in [3.8, 4) is 6.07 Å². The van der Waals surface area contributed by atoms with Crippen molar-refractivity contribution in [3.63, 3.8) is 0 Å². The molecule has 0 N–H and O–H groups in total. The van der Waals surface area contributed by atoms with E-state index in [2.05, 4.69) is 6.07 Å². The fourth-order valence-corrected chi connectivity index (χ4v) is 2.38. The van der Waals surface area contributed by atoms with Crippen LogP contribution in [0.15, 0.2) is 23.8 Å². The van der Waals surface area contributed by atoms with Gasteiger partial charge in [-0.15, -0.1) is 0 Å². The molecule has 0 aromatic carbocycles. The van der Waals surface area contributed by atoms with E-state index in [0.717, 1.165) is 6.42 Å². The van der Waals surface area contributed by atoms with Gasteiger partial charge in [0.15, 0.2) is 0 Å². The third-order valence-electron chi connectivity index (χ3n) is 3.28. The molecule has 1 fully saturated rings. The van der Waals surface area contributed by atoms with Gasteiger partial charge in [-0.05, 0) is 13.0 Å². The van der Waals surface area contributed by atoms with E-state index in [1.165, 1.54) is 0 Å². The maximum Gasteiger partial charge on any atom is 0.0988 e. The number of hydrogen-bond donors (Lipinski definition) is 0. The number of fused-ring (bicyclic) bond motifs is 1. The zero-order chi connectivity index (χ0) is 10.9. The van der Waals surface area contributed by atoms with Crippen LogP contribution >= 0.6 is 0 Å². The van der Waals surface area contributed by atoms with Gasteiger partial charge in [-0.25, -0.2) is 0 Å². The van der Waals surface area contributed by atoms with Crippen molar-refractivity contribution in [2.75, 3.05) is 13.7 Å². The number of rotatable bonds is 3. The van der Waals surface area contributed by atoms with Crippen LogP contribution in [0, 0.1) is 17.2 Å². The molecule has 0 spiro atoms. The Labute approximate surface area is 90.0 Å². The highest BCUT2D eigenvalue weighted by Gasteiger charge is 2.53. The van der Waals surface area contributed by atoms with Crippen LogP contribution in [0.25, 0.3) is 0 Å². The SMILES string of the molecule is CCO[C@H]1C[C@]2(OC)C=CC(C#N)=C[C@H]12. The summed E-state index contributed by atoms with van der Waals surface area (Å²) in [6.07, 6.45) is 6.87. The van der Waals surface area contributed by atoms with Crippen molar-refractivity contribution in [1.82, 2.24) is 0 Å². The topological polar surface area (TPSA) is 42.2 Å². The molecule has 2 aliphatic rings. The summed E-state index contributed by atoms with van der Waals surface area (Å²) in [6, 6.07) is 2.16. The van der Waals surface area contributed by atoms with Crippen LogP contribution in [0.4, 0.5) is 0 Å². The minimum Gasteiger partial charge on any atom is -0.378 e. The van der Waals surface area contributed by atoms with Gasteiger partial charge >= 0.3 is 0 Å². The number of nitrogens with zero attached hydrogens (tertiary/aromatic N) is 1. The van der Waals surface area contributed by atoms with E-state index in [1.54, 1.807) is 7.11 Å². The molecular formula is C12H15NO2. The smallest absolute Gasteiger partial charge is 0.0988 e. The molecule has 0 amide bonds. The molecule has 3 heteroatoms. The van der Waals surface area contributed by atoms with Crippen LogP contribution in [0.5, 0.6) is 0 Å². The molecule has 80 valence electrons. The Kier molecular flexibility index (Phi) is 2.64. The summed E-state index contributed by atoms with van der Waals surface area (Å²) in [5.74, 6) is 0.196. The minimum absolute atomic E-state index is 0.196. The molecule has 0 unspecified atom stereocenters. The Balaban J connectivity index is 2.18. The summed E-state index contributed by atoms with van der Waals surface area (Å²) in [5, 5.41) is 8.84. The van der Waals surface area contributed by atoms with Crippen LogP contribution in [-0.2, 0) is 9.47 Å². The Hall–Kier alpha value is -1.11. The van der Waals surface area contributed by atoms with Crippen molar-refractivity contribution < 1.29 is 9.47 Å². The molecule has 0 radical (unpaired) electrons. The first-order valence-corrected chi connectivity index (χ1v) is 5.23. The van der Waals surface area contributed by atoms with Gasteiger partial charge in [0.25, 0.3) is 0 Å². The predicted molar refractivity (Wildman–Crippen MR) is 56.1 cm³/mol. The number of allylic oxidation sites excluding steroid dienone is 2. The van der Waals surface area contributed by atoms with E-state index in [-0.39, 0.29) is 17.6 Å². The molecule has 15 heavy (non-hydrogen) atoms. The van der Waals surface area contributed by atoms with Gasteiger partial charge in [0.05, 0.1) is 17.8 Å². The molecule has 0 aliphatic heterocycles. The summed E-state index contributed by atoms with van der Waals surface area (Å²) in [5.41, 5.74) is 0.484. The Morgan fingerprint density at radius 1 is 1.67 bits per heavy atom. The van der Waals surface area contributed by atoms with Crippen molar-refractivity contribution in [3.05, 3.63) is 23.8 Å². The molecular weight excluding hydrogens is 190 g/mol. The second kappa shape index (κ2) is 3.80. The van der Waals surface area contributed by atoms with Crippen LogP contribution in [-0.4, -0.2) is 25.4 Å². The highest BCUT2D eigenvalue weighted by atomic mass is 16.5. The third-order valence-corrected chi connectivity index (χ3v) is 3.28. The summed E-state index contributed by atoms with van der Waals surface area (Å²) < 4.78 is 11.1. The molecule has 2 aliphatic carbocycles. The fourth-order valence-electron chi connectivity index (χ4n) is 2.38. The van der Waals surface area contributed by atoms with Gasteiger partial charge in [-0.3, -0.25) is 0 Å². The van der Waals surface area contributed by atoms with E-state index in [0.29, 0.717) is 12.2 Å². The highest BCUT2D eigenvalue weighted by Crippen LogP contribution is 2.47. The van der Waals surface area contributed by atoms with Gasteiger partial charge < -0.3 is 9.47 Å². The standard InChI is InChI=1S/C12H15NO2/c1-3-15-11-7-12(14-2)5-4-9(8-13)6-10(11)12/h4-6,10-11H,3,7H2,1-2H3/t10-,11+,12-/m1/s1. The second-order valence-electron chi connectivity index (χ2n) is 3.95. The number of hydrogen-bond acceptors (Lipinski definition) is 3. The van der Waals surface area contributed by atoms with E-state index in [9.17, 15) is 0 Å². The second-order valence-corrected chi connectivity index (χ2v) is 3.95. The van der Waals surface area contributed by atoms with Gasteiger partial charge in [-0.2, -0.15) is 5.26 Å². The van der Waals surface area contributed by atoms with E-state index in [1.807, 2.05) is 25.2 Å². The molecule has 0 saturated heterocycles. The van der Waals surface area contributed by atoms with Gasteiger partial charge in [-0.1, -0.05) is 12.2 Å². The number of methoxy groups -OCH3 is 1. The number of nitriles is 1. The Bertz CT molecular complexity index is 353. The quantitative estimate of drug-likeness (QED) is 0.705. The molecule has 0 aromatic rings. The molecule has 0 aromatic heterocycles. The average molecular weight is 205 g/mol. The van der Waals surface area contributed by atoms with E-state index < -0.39 is 0 Å². The van der Waals surface area contributed by atoms with Gasteiger partial charge in [0.2, 0.25) is 0 Å². The van der Waals surface area contributed by atoms with E-state index >= 15 is 0 Å². The zero-order valence-corrected chi connectivity index (χ0v) is 9.06. The zero-order valence-electron chi connectivity index (χ0n) is 9.06. The lowest BCUT2D eigenvalue weighted by Crippen LogP contribution is -2.58. The van der Waals surface area contributed by atoms with Crippen LogP contribution in [0.2, 0.25) is 0 Å². The van der Waals surface area contributed by atoms with Crippen molar-refractivity contribution in [2.24, 2.45) is 5.92 Å². The minimum atomic E-state index is -0.222. The lowest BCUT2D eigenvalue weighted by Gasteiger charge is -2.52. The van der Waals surface area contributed by atoms with E-state index in [4.69, 9.17) is 14.7 Å². The average Bonchev–Trinajstić information content (AvgIpc) is 2.26. The summed E-state index contributed by atoms with van der Waals surface area (Å²) in [7, 11) is 1.71. The van der Waals surface area contributed by atoms with Crippen LogP contribution in [0.3, 0.4) is 0 Å². The van der Waals surface area contributed by atoms with Gasteiger partial charge in [0, 0.05) is 31.6 Å². The molecule has 3 atom stereocenters. The molecule has 0 bridgehead atoms. The Morgan fingerprint density at radius 3 is 3.07 bits per heavy atom. The summed E-state index contributed by atoms with van der Waals surface area (Å²) in [4.78, 5) is 0. The van der Waals surface area contributed by atoms with Crippen LogP contribution < -0.4 is 0 Å². The maximum absolute atomic E-state index is 8.84. The molecule has 2 rings (SSSR count). The summed E-state index contributed by atoms with van der Waals surface area (Å²) in [6.45, 7) is 2.70. The maximum atomic E-state index is 8.84. The largest absolute Gasteiger partial charge is 0.378 e. The predicted octanol–water partition coefficient (Wildman–Crippen LogP) is 1.82. The summed E-state index contributed by atoms with van der Waals surface area (Å²) >= 11 is 0. The first-order chi connectivity index (χ1) is 7.25. The first kappa shape index (κ1) is 10.4. The fraction of sp³-hybridized carbons (Fsp3) is 0.583. The lowest BCUT2D eigenvalue weighted by atomic mass is 9.64. The number of ether oxygens (including phenoxy) is 2. The molecule has 3 nitrogen and oxygen atoms in total. The van der Waals surface area contributed by atoms with Crippen molar-refractivity contribution in [2.45, 2.75) is 25.0 Å². The lowest BCUT2D eigenvalue weighted by molar-refractivity contribution is -0.165. The highest BCUT2D eigenvalue weighted by molar-refractivity contribution is 5.42. The van der Waals surface area contributed by atoms with Gasteiger partial charge in [0.1, 0.15) is 0 Å². The molecule has 0 heterocycles. The monoisotopic (exact) mass is 205 g/mol. The third kappa shape index (κ3) is 1.50. The normalized spacial score (nSPS) is 37.5.